The van der Waals surface area contributed by atoms with E-state index >= 15 is 0 Å². The van der Waals surface area contributed by atoms with Crippen molar-refractivity contribution in [1.82, 2.24) is 4.90 Å². The molecule has 18 heavy (non-hydrogen) atoms. The summed E-state index contributed by atoms with van der Waals surface area (Å²) in [7, 11) is 2.94. The van der Waals surface area contributed by atoms with Crippen molar-refractivity contribution in [3.63, 3.8) is 0 Å². The second-order valence-electron chi connectivity index (χ2n) is 4.47. The zero-order valence-electron chi connectivity index (χ0n) is 11.3. The second-order valence-corrected chi connectivity index (χ2v) is 4.47. The quantitative estimate of drug-likeness (QED) is 0.747. The first-order chi connectivity index (χ1) is 8.65. The summed E-state index contributed by atoms with van der Waals surface area (Å²) in [5.74, 6) is 0. The zero-order chi connectivity index (χ0) is 13.5. The summed E-state index contributed by atoms with van der Waals surface area (Å²) in [4.78, 5) is 13.5. The van der Waals surface area contributed by atoms with E-state index in [-0.39, 0.29) is 37.7 Å². The normalized spacial score (nSPS) is 28.2. The Bertz CT molecular complexity index is 261. The van der Waals surface area contributed by atoms with Gasteiger partial charge in [0.15, 0.2) is 0 Å². The molecule has 0 aromatic heterocycles. The highest BCUT2D eigenvalue weighted by molar-refractivity contribution is 5.68. The highest BCUT2D eigenvalue weighted by atomic mass is 16.7. The van der Waals surface area contributed by atoms with Gasteiger partial charge in [0.05, 0.1) is 19.3 Å². The predicted octanol–water partition coefficient (Wildman–Crippen LogP) is 0.977. The monoisotopic (exact) mass is 261 g/mol. The van der Waals surface area contributed by atoms with Crippen molar-refractivity contribution >= 4 is 6.09 Å². The third kappa shape index (κ3) is 3.57. The van der Waals surface area contributed by atoms with Crippen molar-refractivity contribution in [2.75, 3.05) is 27.6 Å². The van der Waals surface area contributed by atoms with E-state index in [1.807, 2.05) is 6.92 Å². The molecule has 1 saturated heterocycles. The van der Waals surface area contributed by atoms with Crippen LogP contribution in [0.4, 0.5) is 4.79 Å². The molecule has 1 N–H and O–H groups in total. The lowest BCUT2D eigenvalue weighted by molar-refractivity contribution is -0.116. The van der Waals surface area contributed by atoms with Crippen molar-refractivity contribution in [2.45, 2.75) is 44.4 Å². The molecule has 0 bridgehead atoms. The van der Waals surface area contributed by atoms with Crippen LogP contribution in [0.25, 0.3) is 0 Å². The largest absolute Gasteiger partial charge is 0.453 e. The van der Waals surface area contributed by atoms with E-state index in [9.17, 15) is 4.79 Å². The molecule has 3 atom stereocenters. The number of rotatable bonds is 5. The van der Waals surface area contributed by atoms with Gasteiger partial charge in [-0.3, -0.25) is 4.90 Å². The van der Waals surface area contributed by atoms with E-state index in [4.69, 9.17) is 19.3 Å². The summed E-state index contributed by atoms with van der Waals surface area (Å²) in [6, 6.07) is -0.0715. The Balaban J connectivity index is 2.70. The summed E-state index contributed by atoms with van der Waals surface area (Å²) in [6.07, 6.45) is 1.79. The Morgan fingerprint density at radius 1 is 1.39 bits per heavy atom. The number of nitrogens with zero attached hydrogens (tertiary/aromatic N) is 1. The van der Waals surface area contributed by atoms with Gasteiger partial charge in [-0.25, -0.2) is 4.79 Å². The Labute approximate surface area is 108 Å². The molecule has 1 amide bonds. The Hall–Kier alpha value is -0.850. The summed E-state index contributed by atoms with van der Waals surface area (Å²) in [5, 5.41) is 9.05. The minimum atomic E-state index is -0.369. The van der Waals surface area contributed by atoms with Crippen LogP contribution >= 0.6 is 0 Å². The Morgan fingerprint density at radius 2 is 2.11 bits per heavy atom. The average Bonchev–Trinajstić information content (AvgIpc) is 2.37. The van der Waals surface area contributed by atoms with Crippen LogP contribution < -0.4 is 0 Å². The predicted molar refractivity (Wildman–Crippen MR) is 65.2 cm³/mol. The number of carbonyl (C=O) groups is 1. The van der Waals surface area contributed by atoms with Gasteiger partial charge in [0.2, 0.25) is 0 Å². The highest BCUT2D eigenvalue weighted by Gasteiger charge is 2.38. The van der Waals surface area contributed by atoms with Crippen molar-refractivity contribution in [3.8, 4) is 0 Å². The SMILES string of the molecule is COCO[C@H]1CC[C@@H](CCO)N(C(=O)OC)[C@H]1C. The summed E-state index contributed by atoms with van der Waals surface area (Å²) in [6.45, 7) is 2.21. The Kier molecular flexibility index (Phi) is 6.38. The van der Waals surface area contributed by atoms with Gasteiger partial charge in [-0.2, -0.15) is 0 Å². The molecule has 0 unspecified atom stereocenters. The topological polar surface area (TPSA) is 68.2 Å². The van der Waals surface area contributed by atoms with Gasteiger partial charge in [0.1, 0.15) is 6.79 Å². The number of methoxy groups -OCH3 is 2. The first-order valence-corrected chi connectivity index (χ1v) is 6.23. The number of aliphatic hydroxyl groups is 1. The second kappa shape index (κ2) is 7.56. The van der Waals surface area contributed by atoms with Crippen molar-refractivity contribution in [1.29, 1.82) is 0 Å². The molecule has 0 aromatic carbocycles. The number of hydrogen-bond acceptors (Lipinski definition) is 5. The third-order valence-corrected chi connectivity index (χ3v) is 3.40. The molecule has 6 nitrogen and oxygen atoms in total. The number of ether oxygens (including phenoxy) is 3. The van der Waals surface area contributed by atoms with Gasteiger partial charge in [-0.15, -0.1) is 0 Å². The average molecular weight is 261 g/mol. The molecule has 0 aromatic rings. The number of piperidine rings is 1. The van der Waals surface area contributed by atoms with Crippen LogP contribution in [-0.4, -0.2) is 61.9 Å². The highest BCUT2D eigenvalue weighted by Crippen LogP contribution is 2.27. The lowest BCUT2D eigenvalue weighted by Crippen LogP contribution is -2.55. The van der Waals surface area contributed by atoms with Gasteiger partial charge in [0.25, 0.3) is 0 Å². The maximum Gasteiger partial charge on any atom is 0.410 e. The third-order valence-electron chi connectivity index (χ3n) is 3.40. The van der Waals surface area contributed by atoms with E-state index in [1.54, 1.807) is 12.0 Å². The molecule has 1 aliphatic rings. The Morgan fingerprint density at radius 3 is 2.67 bits per heavy atom. The zero-order valence-corrected chi connectivity index (χ0v) is 11.3. The van der Waals surface area contributed by atoms with Gasteiger partial charge in [0, 0.05) is 19.8 Å². The van der Waals surface area contributed by atoms with E-state index < -0.39 is 0 Å². The molecule has 1 fully saturated rings. The van der Waals surface area contributed by atoms with Crippen molar-refractivity contribution in [3.05, 3.63) is 0 Å². The first-order valence-electron chi connectivity index (χ1n) is 6.23. The fraction of sp³-hybridized carbons (Fsp3) is 0.917. The molecule has 0 aliphatic carbocycles. The number of likely N-dealkylation sites (tertiary alicyclic amines) is 1. The molecule has 106 valence electrons. The maximum atomic E-state index is 11.8. The van der Waals surface area contributed by atoms with Gasteiger partial charge < -0.3 is 19.3 Å². The lowest BCUT2D eigenvalue weighted by Gasteiger charge is -2.43. The van der Waals surface area contributed by atoms with E-state index in [0.717, 1.165) is 12.8 Å². The summed E-state index contributed by atoms with van der Waals surface area (Å²) >= 11 is 0. The fourth-order valence-corrected chi connectivity index (χ4v) is 2.48. The van der Waals surface area contributed by atoms with Crippen LogP contribution in [0.1, 0.15) is 26.2 Å². The van der Waals surface area contributed by atoms with Crippen molar-refractivity contribution < 1.29 is 24.1 Å². The molecule has 6 heteroatoms. The smallest absolute Gasteiger partial charge is 0.410 e. The first kappa shape index (κ1) is 15.2. The van der Waals surface area contributed by atoms with Crippen LogP contribution in [-0.2, 0) is 14.2 Å². The molecule has 0 spiro atoms. The van der Waals surface area contributed by atoms with Gasteiger partial charge in [-0.05, 0) is 26.2 Å². The molecule has 1 aliphatic heterocycles. The maximum absolute atomic E-state index is 11.8. The van der Waals surface area contributed by atoms with Gasteiger partial charge >= 0.3 is 6.09 Å². The molecule has 1 rings (SSSR count). The number of amides is 1. The van der Waals surface area contributed by atoms with E-state index in [0.29, 0.717) is 6.42 Å². The summed E-state index contributed by atoms with van der Waals surface area (Å²) in [5.41, 5.74) is 0. The van der Waals surface area contributed by atoms with Crippen LogP contribution in [0.15, 0.2) is 0 Å². The molecular weight excluding hydrogens is 238 g/mol. The molecule has 1 heterocycles. The van der Waals surface area contributed by atoms with Crippen LogP contribution in [0.3, 0.4) is 0 Å². The lowest BCUT2D eigenvalue weighted by atomic mass is 9.92. The fourth-order valence-electron chi connectivity index (χ4n) is 2.48. The van der Waals surface area contributed by atoms with Crippen LogP contribution in [0, 0.1) is 0 Å². The number of hydrogen-bond donors (Lipinski definition) is 1. The molecule has 0 saturated carbocycles. The number of carbonyl (C=O) groups excluding carboxylic acids is 1. The number of aliphatic hydroxyl groups excluding tert-OH is 1. The van der Waals surface area contributed by atoms with Crippen LogP contribution in [0.2, 0.25) is 0 Å². The van der Waals surface area contributed by atoms with Crippen molar-refractivity contribution in [2.24, 2.45) is 0 Å². The molecule has 0 radical (unpaired) electrons. The minimum absolute atomic E-state index is 0.0137. The van der Waals surface area contributed by atoms with Gasteiger partial charge in [-0.1, -0.05) is 0 Å². The minimum Gasteiger partial charge on any atom is -0.453 e. The summed E-state index contributed by atoms with van der Waals surface area (Å²) < 4.78 is 15.3. The molecular formula is C12H23NO5. The van der Waals surface area contributed by atoms with Crippen LogP contribution in [0.5, 0.6) is 0 Å². The van der Waals surface area contributed by atoms with E-state index in [2.05, 4.69) is 0 Å². The van der Waals surface area contributed by atoms with E-state index in [1.165, 1.54) is 7.11 Å². The standard InChI is InChI=1S/C12H23NO5/c1-9-11(18-8-16-2)5-4-10(6-7-14)13(9)12(15)17-3/h9-11,14H,4-8H2,1-3H3/t9-,10-,11-/m0/s1.